The first-order valence-corrected chi connectivity index (χ1v) is 10.7. The van der Waals surface area contributed by atoms with Gasteiger partial charge in [0.2, 0.25) is 0 Å². The number of carbonyl (C=O) groups is 1. The van der Waals surface area contributed by atoms with Gasteiger partial charge in [0.25, 0.3) is 0 Å². The summed E-state index contributed by atoms with van der Waals surface area (Å²) < 4.78 is 58.4. The molecule has 0 saturated heterocycles. The van der Waals surface area contributed by atoms with Crippen molar-refractivity contribution >= 4 is 17.3 Å². The normalized spacial score (nSPS) is 11.3. The number of aromatic nitrogens is 3. The molecule has 2 heterocycles. The first kappa shape index (κ1) is 24.8. The molecule has 2 aromatic heterocycles. The predicted octanol–water partition coefficient (Wildman–Crippen LogP) is 4.63. The molecule has 2 aromatic carbocycles. The van der Waals surface area contributed by atoms with Gasteiger partial charge in [0, 0.05) is 25.8 Å². The lowest BCUT2D eigenvalue weighted by atomic mass is 10.2. The Labute approximate surface area is 203 Å². The van der Waals surface area contributed by atoms with Gasteiger partial charge in [0.15, 0.2) is 11.4 Å². The minimum absolute atomic E-state index is 0.145. The summed E-state index contributed by atoms with van der Waals surface area (Å²) in [4.78, 5) is 20.5. The van der Waals surface area contributed by atoms with Crippen molar-refractivity contribution in [3.8, 4) is 22.9 Å². The van der Waals surface area contributed by atoms with Crippen LogP contribution in [0.15, 0.2) is 67.1 Å². The van der Waals surface area contributed by atoms with Crippen LogP contribution in [0.4, 0.5) is 18.0 Å². The van der Waals surface area contributed by atoms with E-state index in [4.69, 9.17) is 14.2 Å². The van der Waals surface area contributed by atoms with Gasteiger partial charge in [-0.25, -0.2) is 14.8 Å². The van der Waals surface area contributed by atoms with E-state index in [1.807, 2.05) is 6.07 Å². The van der Waals surface area contributed by atoms with Crippen LogP contribution in [-0.2, 0) is 11.3 Å². The number of fused-ring (bicyclic) bond motifs is 1. The number of nitrogens with zero attached hydrogens (tertiary/aromatic N) is 3. The largest absolute Gasteiger partial charge is 0.573 e. The summed E-state index contributed by atoms with van der Waals surface area (Å²) >= 11 is 0. The molecular formula is C24H21F3N4O5. The molecule has 0 radical (unpaired) electrons. The maximum absolute atomic E-state index is 12.3. The van der Waals surface area contributed by atoms with Crippen LogP contribution in [0.3, 0.4) is 0 Å². The van der Waals surface area contributed by atoms with E-state index < -0.39 is 12.5 Å². The van der Waals surface area contributed by atoms with Gasteiger partial charge in [0.1, 0.15) is 29.9 Å². The van der Waals surface area contributed by atoms with Crippen LogP contribution in [0.1, 0.15) is 5.56 Å². The first-order chi connectivity index (χ1) is 17.3. The van der Waals surface area contributed by atoms with Gasteiger partial charge in [-0.05, 0) is 29.8 Å². The number of methoxy groups -OCH3 is 1. The van der Waals surface area contributed by atoms with Crippen LogP contribution in [-0.4, -0.2) is 47.3 Å². The minimum atomic E-state index is -4.74. The molecule has 0 aliphatic rings. The number of pyridine rings is 1. The summed E-state index contributed by atoms with van der Waals surface area (Å²) in [7, 11) is 1.53. The van der Waals surface area contributed by atoms with Gasteiger partial charge in [-0.3, -0.25) is 4.57 Å². The number of benzene rings is 2. The number of ether oxygens (including phenoxy) is 4. The molecule has 4 rings (SSSR count). The third kappa shape index (κ3) is 6.63. The highest BCUT2D eigenvalue weighted by molar-refractivity contribution is 5.76. The Hall–Kier alpha value is -4.32. The number of carbonyl (C=O) groups excluding carboxylic acids is 1. The molecule has 0 saturated carbocycles. The van der Waals surface area contributed by atoms with Gasteiger partial charge in [-0.1, -0.05) is 18.2 Å². The molecular weight excluding hydrogens is 481 g/mol. The molecule has 0 unspecified atom stereocenters. The quantitative estimate of drug-likeness (QED) is 0.333. The van der Waals surface area contributed by atoms with E-state index in [0.29, 0.717) is 35.6 Å². The highest BCUT2D eigenvalue weighted by atomic mass is 19.4. The lowest BCUT2D eigenvalue weighted by Crippen LogP contribution is -2.29. The van der Waals surface area contributed by atoms with Crippen molar-refractivity contribution in [2.75, 3.05) is 20.3 Å². The number of rotatable bonds is 9. The summed E-state index contributed by atoms with van der Waals surface area (Å²) in [6, 6.07) is 14.2. The molecule has 12 heteroatoms. The van der Waals surface area contributed by atoms with E-state index in [0.717, 1.165) is 5.69 Å². The van der Waals surface area contributed by atoms with E-state index in [-0.39, 0.29) is 18.1 Å². The van der Waals surface area contributed by atoms with Gasteiger partial charge >= 0.3 is 12.5 Å². The molecule has 0 fully saturated rings. The fourth-order valence-corrected chi connectivity index (χ4v) is 3.20. The lowest BCUT2D eigenvalue weighted by molar-refractivity contribution is -0.274. The van der Waals surface area contributed by atoms with Crippen molar-refractivity contribution in [1.82, 2.24) is 19.9 Å². The molecule has 36 heavy (non-hydrogen) atoms. The number of imidazole rings is 1. The summed E-state index contributed by atoms with van der Waals surface area (Å²) in [5, 5.41) is 2.55. The Bertz CT molecular complexity index is 1330. The molecule has 0 spiro atoms. The Balaban J connectivity index is 1.41. The molecule has 0 atom stereocenters. The number of amides is 1. The van der Waals surface area contributed by atoms with Crippen molar-refractivity contribution in [3.63, 3.8) is 0 Å². The fourth-order valence-electron chi connectivity index (χ4n) is 3.20. The van der Waals surface area contributed by atoms with Crippen LogP contribution < -0.4 is 19.5 Å². The summed E-state index contributed by atoms with van der Waals surface area (Å²) in [5.41, 5.74) is 2.45. The average Bonchev–Trinajstić information content (AvgIpc) is 3.26. The topological polar surface area (TPSA) is 96.7 Å². The van der Waals surface area contributed by atoms with Crippen LogP contribution in [0, 0.1) is 0 Å². The van der Waals surface area contributed by atoms with E-state index in [1.54, 1.807) is 35.2 Å². The van der Waals surface area contributed by atoms with Crippen molar-refractivity contribution in [1.29, 1.82) is 0 Å². The molecule has 1 amide bonds. The SMILES string of the molecule is COCCNC(=O)Oc1cnc2c(c1)ncn2-c1cccc(OCc2ccc(OC(F)(F)F)cc2)c1. The molecule has 188 valence electrons. The molecule has 0 bridgehead atoms. The highest BCUT2D eigenvalue weighted by Gasteiger charge is 2.30. The van der Waals surface area contributed by atoms with Crippen LogP contribution in [0.2, 0.25) is 0 Å². The number of nitrogens with one attached hydrogen (secondary N) is 1. The predicted molar refractivity (Wildman–Crippen MR) is 122 cm³/mol. The van der Waals surface area contributed by atoms with E-state index in [2.05, 4.69) is 20.0 Å². The number of hydrogen-bond acceptors (Lipinski definition) is 7. The summed E-state index contributed by atoms with van der Waals surface area (Å²) in [6.07, 6.45) is -2.36. The Morgan fingerprint density at radius 1 is 1.03 bits per heavy atom. The lowest BCUT2D eigenvalue weighted by Gasteiger charge is -2.11. The van der Waals surface area contributed by atoms with Crippen molar-refractivity contribution < 1.29 is 36.9 Å². The summed E-state index contributed by atoms with van der Waals surface area (Å²) in [6.45, 7) is 0.824. The Morgan fingerprint density at radius 2 is 1.83 bits per heavy atom. The van der Waals surface area contributed by atoms with Crippen molar-refractivity contribution in [2.45, 2.75) is 13.0 Å². The third-order valence-corrected chi connectivity index (χ3v) is 4.81. The smallest absolute Gasteiger partial charge is 0.489 e. The highest BCUT2D eigenvalue weighted by Crippen LogP contribution is 2.25. The maximum Gasteiger partial charge on any atom is 0.573 e. The van der Waals surface area contributed by atoms with Gasteiger partial charge in [0.05, 0.1) is 18.5 Å². The Kier molecular flexibility index (Phi) is 7.54. The zero-order valence-corrected chi connectivity index (χ0v) is 19.0. The number of alkyl halides is 3. The standard InChI is InChI=1S/C24H21F3N4O5/c1-33-10-9-28-23(32)35-20-12-21-22(29-13-20)31(15-30-21)17-3-2-4-19(11-17)34-14-16-5-7-18(8-6-16)36-24(25,26)27/h2-8,11-13,15H,9-10,14H2,1H3,(H,28,32). The third-order valence-electron chi connectivity index (χ3n) is 4.81. The van der Waals surface area contributed by atoms with Crippen molar-refractivity contribution in [2.24, 2.45) is 0 Å². The second-order valence-corrected chi connectivity index (χ2v) is 7.42. The fraction of sp³-hybridized carbons (Fsp3) is 0.208. The van der Waals surface area contributed by atoms with E-state index in [1.165, 1.54) is 37.6 Å². The van der Waals surface area contributed by atoms with E-state index >= 15 is 0 Å². The van der Waals surface area contributed by atoms with E-state index in [9.17, 15) is 18.0 Å². The average molecular weight is 502 g/mol. The first-order valence-electron chi connectivity index (χ1n) is 10.7. The number of halogens is 3. The molecule has 0 aliphatic heterocycles. The second kappa shape index (κ2) is 11.0. The van der Waals surface area contributed by atoms with Crippen molar-refractivity contribution in [3.05, 3.63) is 72.7 Å². The zero-order chi connectivity index (χ0) is 25.5. The van der Waals surface area contributed by atoms with Crippen LogP contribution in [0.5, 0.6) is 17.2 Å². The second-order valence-electron chi connectivity index (χ2n) is 7.42. The molecule has 0 aliphatic carbocycles. The van der Waals surface area contributed by atoms with Crippen LogP contribution in [0.25, 0.3) is 16.9 Å². The maximum atomic E-state index is 12.3. The summed E-state index contributed by atoms with van der Waals surface area (Å²) in [5.74, 6) is 0.483. The van der Waals surface area contributed by atoms with Gasteiger partial charge in [-0.15, -0.1) is 13.2 Å². The molecule has 1 N–H and O–H groups in total. The Morgan fingerprint density at radius 3 is 2.58 bits per heavy atom. The van der Waals surface area contributed by atoms with Gasteiger partial charge < -0.3 is 24.3 Å². The molecule has 4 aromatic rings. The van der Waals surface area contributed by atoms with Gasteiger partial charge in [-0.2, -0.15) is 0 Å². The monoisotopic (exact) mass is 502 g/mol. The van der Waals surface area contributed by atoms with Crippen LogP contribution >= 0.6 is 0 Å². The zero-order valence-electron chi connectivity index (χ0n) is 19.0. The minimum Gasteiger partial charge on any atom is -0.489 e. The number of hydrogen-bond donors (Lipinski definition) is 1. The molecule has 9 nitrogen and oxygen atoms in total.